The van der Waals surface area contributed by atoms with E-state index in [0.29, 0.717) is 8.47 Å². The summed E-state index contributed by atoms with van der Waals surface area (Å²) in [5.41, 5.74) is 0.0924. The second-order valence-electron chi connectivity index (χ2n) is 8.54. The van der Waals surface area contributed by atoms with Crippen molar-refractivity contribution in [3.05, 3.63) is 19.6 Å². The number of thioether (sulfide) groups is 4. The van der Waals surface area contributed by atoms with Gasteiger partial charge < -0.3 is 18.9 Å². The van der Waals surface area contributed by atoms with E-state index in [9.17, 15) is 19.2 Å². The predicted octanol–water partition coefficient (Wildman–Crippen LogP) is 5.16. The molecule has 2 aliphatic heterocycles. The smallest absolute Gasteiger partial charge is 0.347 e. The Morgan fingerprint density at radius 3 is 0.833 bits per heavy atom. The van der Waals surface area contributed by atoms with Crippen LogP contribution in [0.2, 0.25) is 0 Å². The number of carbonyl (C=O) groups excluding carboxylic acids is 4. The molecule has 2 fully saturated rings. The van der Waals surface area contributed by atoms with Gasteiger partial charge in [0.25, 0.3) is 0 Å². The molecule has 0 amide bonds. The van der Waals surface area contributed by atoms with E-state index in [0.717, 1.165) is 23.0 Å². The van der Waals surface area contributed by atoms with Gasteiger partial charge in [-0.15, -0.1) is 47.0 Å². The molecular weight excluding hydrogens is 545 g/mol. The minimum absolute atomic E-state index is 0.0462. The number of hydrogen-bond acceptors (Lipinski definition) is 12. The van der Waals surface area contributed by atoms with E-state index in [1.54, 1.807) is 55.4 Å². The van der Waals surface area contributed by atoms with E-state index in [1.807, 2.05) is 0 Å². The molecular formula is C24H36O8S4. The molecule has 0 aromatic carbocycles. The highest BCUT2D eigenvalue weighted by Crippen LogP contribution is 2.40. The molecule has 12 heteroatoms. The Balaban J connectivity index is 0.000000360. The van der Waals surface area contributed by atoms with Crippen LogP contribution in [-0.2, 0) is 38.1 Å². The van der Waals surface area contributed by atoms with Gasteiger partial charge in [-0.25, -0.2) is 19.2 Å². The van der Waals surface area contributed by atoms with Crippen molar-refractivity contribution in [2.45, 2.75) is 79.8 Å². The van der Waals surface area contributed by atoms with Crippen molar-refractivity contribution in [1.82, 2.24) is 0 Å². The quantitative estimate of drug-likeness (QED) is 0.124. The molecule has 0 aromatic heterocycles. The Morgan fingerprint density at radius 1 is 0.472 bits per heavy atom. The van der Waals surface area contributed by atoms with Gasteiger partial charge in [-0.05, 0) is 55.4 Å². The largest absolute Gasteiger partial charge is 0.459 e. The first-order valence-corrected chi connectivity index (χ1v) is 15.6. The highest BCUT2D eigenvalue weighted by molar-refractivity contribution is 8.25. The van der Waals surface area contributed by atoms with Gasteiger partial charge in [0.15, 0.2) is 11.1 Å². The van der Waals surface area contributed by atoms with E-state index in [4.69, 9.17) is 18.9 Å². The molecule has 2 rings (SSSR count). The predicted molar refractivity (Wildman–Crippen MR) is 149 cm³/mol. The van der Waals surface area contributed by atoms with Crippen LogP contribution in [0.1, 0.15) is 55.4 Å². The summed E-state index contributed by atoms with van der Waals surface area (Å²) in [5.74, 6) is 1.22. The molecule has 36 heavy (non-hydrogen) atoms. The zero-order valence-corrected chi connectivity index (χ0v) is 25.3. The molecule has 0 aliphatic carbocycles. The normalized spacial score (nSPS) is 15.1. The average molecular weight is 581 g/mol. The molecule has 0 unspecified atom stereocenters. The summed E-state index contributed by atoms with van der Waals surface area (Å²) in [6, 6.07) is 0. The number of ether oxygens (including phenoxy) is 4. The first-order valence-electron chi connectivity index (χ1n) is 11.7. The van der Waals surface area contributed by atoms with Gasteiger partial charge in [0.05, 0.1) is 32.9 Å². The van der Waals surface area contributed by atoms with Crippen LogP contribution in [0.5, 0.6) is 0 Å². The maximum Gasteiger partial charge on any atom is 0.347 e. The molecule has 0 bridgehead atoms. The maximum absolute atomic E-state index is 12.0. The van der Waals surface area contributed by atoms with Crippen molar-refractivity contribution in [2.24, 2.45) is 0 Å². The fraction of sp³-hybridized carbons (Fsp3) is 0.667. The molecule has 0 N–H and O–H groups in total. The van der Waals surface area contributed by atoms with Crippen molar-refractivity contribution in [3.8, 4) is 0 Å². The molecule has 2 aliphatic rings. The molecule has 0 atom stereocenters. The third kappa shape index (κ3) is 11.9. The number of hydrogen-bond donors (Lipinski definition) is 0. The second kappa shape index (κ2) is 16.6. The van der Waals surface area contributed by atoms with Gasteiger partial charge >= 0.3 is 23.9 Å². The summed E-state index contributed by atoms with van der Waals surface area (Å²) in [6.45, 7) is 14.0. The van der Waals surface area contributed by atoms with Crippen LogP contribution in [-0.4, -0.2) is 71.3 Å². The summed E-state index contributed by atoms with van der Waals surface area (Å²) in [6.07, 6.45) is -1.01. The first kappa shape index (κ1) is 32.8. The third-order valence-corrected chi connectivity index (χ3v) is 9.12. The van der Waals surface area contributed by atoms with Crippen molar-refractivity contribution in [3.63, 3.8) is 0 Å². The Hall–Kier alpha value is -1.24. The topological polar surface area (TPSA) is 105 Å². The standard InChI is InChI=1S/2C12H18O4S2/c2*1-7(2)15-10(13)9(11(14)16-8(3)4)12-17-5-6-18-12/h2*7-8H,5-6H2,1-4H3. The van der Waals surface area contributed by atoms with E-state index in [-0.39, 0.29) is 35.6 Å². The van der Waals surface area contributed by atoms with Crippen molar-refractivity contribution >= 4 is 70.9 Å². The molecule has 204 valence electrons. The van der Waals surface area contributed by atoms with Crippen molar-refractivity contribution in [1.29, 1.82) is 0 Å². The minimum Gasteiger partial charge on any atom is -0.459 e. The van der Waals surface area contributed by atoms with Crippen molar-refractivity contribution < 1.29 is 38.1 Å². The Labute approximate surface area is 230 Å². The van der Waals surface area contributed by atoms with Crippen molar-refractivity contribution in [2.75, 3.05) is 23.0 Å². The molecule has 0 saturated carbocycles. The van der Waals surface area contributed by atoms with Gasteiger partial charge in [0.2, 0.25) is 0 Å². The van der Waals surface area contributed by atoms with Gasteiger partial charge in [-0.1, -0.05) is 0 Å². The number of carbonyl (C=O) groups is 4. The van der Waals surface area contributed by atoms with Gasteiger partial charge in [0, 0.05) is 23.0 Å². The van der Waals surface area contributed by atoms with Crippen LogP contribution in [0.25, 0.3) is 0 Å². The highest BCUT2D eigenvalue weighted by atomic mass is 32.2. The second-order valence-corrected chi connectivity index (χ2v) is 13.5. The summed E-state index contributed by atoms with van der Waals surface area (Å²) < 4.78 is 21.8. The maximum atomic E-state index is 12.0. The first-order chi connectivity index (χ1) is 16.8. The van der Waals surface area contributed by atoms with Crippen LogP contribution >= 0.6 is 47.0 Å². The monoisotopic (exact) mass is 580 g/mol. The van der Waals surface area contributed by atoms with Gasteiger partial charge in [-0.3, -0.25) is 0 Å². The fourth-order valence-electron chi connectivity index (χ4n) is 2.50. The molecule has 8 nitrogen and oxygen atoms in total. The lowest BCUT2D eigenvalue weighted by atomic mass is 10.3. The SMILES string of the molecule is CC(C)OC(=O)C(C(=O)OC(C)C)=C1SCCS1.CC(C)OC(=O)C(C(=O)OC(C)C)=C1SCCS1. The summed E-state index contributed by atoms with van der Waals surface area (Å²) in [7, 11) is 0. The molecule has 2 saturated heterocycles. The van der Waals surface area contributed by atoms with E-state index >= 15 is 0 Å². The lowest BCUT2D eigenvalue weighted by Gasteiger charge is -2.13. The molecule has 0 radical (unpaired) electrons. The van der Waals surface area contributed by atoms with Gasteiger partial charge in [-0.2, -0.15) is 0 Å². The van der Waals surface area contributed by atoms with E-state index < -0.39 is 23.9 Å². The zero-order valence-electron chi connectivity index (χ0n) is 22.0. The van der Waals surface area contributed by atoms with E-state index in [1.165, 1.54) is 47.0 Å². The van der Waals surface area contributed by atoms with Crippen LogP contribution in [0, 0.1) is 0 Å². The Bertz CT molecular complexity index is 728. The van der Waals surface area contributed by atoms with Crippen LogP contribution in [0.15, 0.2) is 19.6 Å². The number of rotatable bonds is 8. The number of esters is 4. The Kier molecular flexibility index (Phi) is 15.1. The average Bonchev–Trinajstić information content (AvgIpc) is 3.41. The molecule has 2 heterocycles. The van der Waals surface area contributed by atoms with Crippen LogP contribution in [0.4, 0.5) is 0 Å². The highest BCUT2D eigenvalue weighted by Gasteiger charge is 2.31. The fourth-order valence-corrected chi connectivity index (χ4v) is 7.49. The minimum atomic E-state index is -0.590. The molecule has 0 spiro atoms. The molecule has 0 aromatic rings. The van der Waals surface area contributed by atoms with Crippen LogP contribution in [0.3, 0.4) is 0 Å². The summed E-state index contributed by atoms with van der Waals surface area (Å²) in [5, 5.41) is 0. The third-order valence-electron chi connectivity index (χ3n) is 3.69. The van der Waals surface area contributed by atoms with Gasteiger partial charge in [0.1, 0.15) is 0 Å². The summed E-state index contributed by atoms with van der Waals surface area (Å²) >= 11 is 6.01. The van der Waals surface area contributed by atoms with E-state index in [2.05, 4.69) is 0 Å². The summed E-state index contributed by atoms with van der Waals surface area (Å²) in [4.78, 5) is 47.8. The van der Waals surface area contributed by atoms with Crippen LogP contribution < -0.4 is 0 Å². The Morgan fingerprint density at radius 2 is 0.667 bits per heavy atom. The lowest BCUT2D eigenvalue weighted by Crippen LogP contribution is -2.23. The lowest BCUT2D eigenvalue weighted by molar-refractivity contribution is -0.152. The zero-order chi connectivity index (χ0) is 27.4.